The molecular weight excluding hydrogens is 396 g/mol. The Kier molecular flexibility index (Phi) is 5.97. The maximum atomic E-state index is 13.1. The lowest BCUT2D eigenvalue weighted by atomic mass is 10.2. The molecule has 31 heavy (non-hydrogen) atoms. The van der Waals surface area contributed by atoms with Crippen LogP contribution in [0.4, 0.5) is 0 Å². The predicted octanol–water partition coefficient (Wildman–Crippen LogP) is 3.46. The number of fused-ring (bicyclic) bond motifs is 1. The van der Waals surface area contributed by atoms with Gasteiger partial charge < -0.3 is 9.26 Å². The fraction of sp³-hybridized carbons (Fsp3) is 0.304. The van der Waals surface area contributed by atoms with Crippen molar-refractivity contribution in [1.82, 2.24) is 19.3 Å². The van der Waals surface area contributed by atoms with Crippen molar-refractivity contribution in [2.75, 3.05) is 6.61 Å². The third kappa shape index (κ3) is 4.01. The molecule has 0 amide bonds. The van der Waals surface area contributed by atoms with Gasteiger partial charge >= 0.3 is 5.69 Å². The number of nitrogens with zero attached hydrogens (tertiary/aromatic N) is 4. The van der Waals surface area contributed by atoms with Crippen molar-refractivity contribution in [3.63, 3.8) is 0 Å². The van der Waals surface area contributed by atoms with Gasteiger partial charge in [-0.05, 0) is 37.6 Å². The summed E-state index contributed by atoms with van der Waals surface area (Å²) in [5, 5.41) is 4.56. The van der Waals surface area contributed by atoms with E-state index in [1.54, 1.807) is 24.3 Å². The highest BCUT2D eigenvalue weighted by Crippen LogP contribution is 2.27. The number of para-hydroxylation sites is 2. The molecule has 8 heteroatoms. The minimum Gasteiger partial charge on any atom is -0.493 e. The molecule has 0 aliphatic heterocycles. The molecule has 0 spiro atoms. The summed E-state index contributed by atoms with van der Waals surface area (Å²) in [6.45, 7) is 4.88. The Hall–Kier alpha value is -3.68. The smallest absolute Gasteiger partial charge is 0.331 e. The van der Waals surface area contributed by atoms with E-state index in [2.05, 4.69) is 10.1 Å². The Morgan fingerprint density at radius 3 is 2.58 bits per heavy atom. The van der Waals surface area contributed by atoms with Crippen LogP contribution in [0, 0.1) is 0 Å². The number of hydrogen-bond donors (Lipinski definition) is 0. The highest BCUT2D eigenvalue weighted by atomic mass is 16.5. The first-order valence-corrected chi connectivity index (χ1v) is 10.4. The van der Waals surface area contributed by atoms with E-state index in [9.17, 15) is 9.59 Å². The van der Waals surface area contributed by atoms with E-state index < -0.39 is 0 Å². The lowest BCUT2D eigenvalue weighted by Gasteiger charge is -2.12. The standard InChI is InChI=1S/C23H24N4O4/c1-3-5-14-26-22(28)16-10-6-8-12-18(16)27(23(26)29)15-20-24-21(25-31-20)17-11-7-9-13-19(17)30-4-2/h6-13H,3-5,14-15H2,1-2H3. The molecule has 160 valence electrons. The van der Waals surface area contributed by atoms with E-state index in [-0.39, 0.29) is 23.7 Å². The highest BCUT2D eigenvalue weighted by molar-refractivity contribution is 5.77. The Morgan fingerprint density at radius 2 is 1.77 bits per heavy atom. The lowest BCUT2D eigenvalue weighted by Crippen LogP contribution is -2.40. The molecule has 0 atom stereocenters. The van der Waals surface area contributed by atoms with E-state index in [0.717, 1.165) is 12.8 Å². The highest BCUT2D eigenvalue weighted by Gasteiger charge is 2.17. The molecule has 0 saturated heterocycles. The molecule has 0 fully saturated rings. The second-order valence-corrected chi connectivity index (χ2v) is 7.14. The molecule has 0 unspecified atom stereocenters. The maximum Gasteiger partial charge on any atom is 0.331 e. The molecule has 0 N–H and O–H groups in total. The van der Waals surface area contributed by atoms with Gasteiger partial charge in [-0.2, -0.15) is 4.98 Å². The van der Waals surface area contributed by atoms with Crippen LogP contribution in [0.2, 0.25) is 0 Å². The maximum absolute atomic E-state index is 13.1. The largest absolute Gasteiger partial charge is 0.493 e. The number of rotatable bonds is 8. The van der Waals surface area contributed by atoms with Crippen LogP contribution in [-0.4, -0.2) is 25.9 Å². The summed E-state index contributed by atoms with van der Waals surface area (Å²) < 4.78 is 13.9. The first-order chi connectivity index (χ1) is 15.1. The van der Waals surface area contributed by atoms with Crippen LogP contribution in [0.15, 0.2) is 62.6 Å². The van der Waals surface area contributed by atoms with Crippen molar-refractivity contribution in [3.8, 4) is 17.1 Å². The van der Waals surface area contributed by atoms with Gasteiger partial charge in [0.2, 0.25) is 11.7 Å². The second kappa shape index (κ2) is 8.99. The van der Waals surface area contributed by atoms with Crippen LogP contribution in [-0.2, 0) is 13.1 Å². The predicted molar refractivity (Wildman–Crippen MR) is 117 cm³/mol. The molecule has 2 heterocycles. The number of unbranched alkanes of at least 4 members (excludes halogenated alkanes) is 1. The summed E-state index contributed by atoms with van der Waals surface area (Å²) in [6, 6.07) is 14.5. The molecule has 4 aromatic rings. The van der Waals surface area contributed by atoms with Crippen molar-refractivity contribution >= 4 is 10.9 Å². The van der Waals surface area contributed by atoms with Crippen molar-refractivity contribution < 1.29 is 9.26 Å². The zero-order valence-corrected chi connectivity index (χ0v) is 17.6. The van der Waals surface area contributed by atoms with Gasteiger partial charge in [-0.25, -0.2) is 4.79 Å². The monoisotopic (exact) mass is 420 g/mol. The SMILES string of the molecule is CCCCn1c(=O)c2ccccc2n(Cc2nc(-c3ccccc3OCC)no2)c1=O. The summed E-state index contributed by atoms with van der Waals surface area (Å²) in [5.41, 5.74) is 0.595. The number of ether oxygens (including phenoxy) is 1. The van der Waals surface area contributed by atoms with Crippen LogP contribution in [0.5, 0.6) is 5.75 Å². The fourth-order valence-corrected chi connectivity index (χ4v) is 3.53. The van der Waals surface area contributed by atoms with E-state index in [0.29, 0.717) is 41.2 Å². The number of hydrogen-bond acceptors (Lipinski definition) is 6. The third-order valence-corrected chi connectivity index (χ3v) is 5.06. The Bertz CT molecular complexity index is 1320. The van der Waals surface area contributed by atoms with Gasteiger partial charge in [0.05, 0.1) is 23.1 Å². The van der Waals surface area contributed by atoms with Crippen molar-refractivity contribution in [1.29, 1.82) is 0 Å². The molecule has 2 aromatic carbocycles. The molecule has 0 radical (unpaired) electrons. The van der Waals surface area contributed by atoms with E-state index >= 15 is 0 Å². The van der Waals surface area contributed by atoms with Gasteiger partial charge in [-0.1, -0.05) is 42.8 Å². The molecule has 0 aliphatic carbocycles. The van der Waals surface area contributed by atoms with Crippen LogP contribution < -0.4 is 16.0 Å². The second-order valence-electron chi connectivity index (χ2n) is 7.14. The summed E-state index contributed by atoms with van der Waals surface area (Å²) >= 11 is 0. The summed E-state index contributed by atoms with van der Waals surface area (Å²) in [6.07, 6.45) is 1.62. The molecule has 0 saturated carbocycles. The first kappa shape index (κ1) is 20.6. The average molecular weight is 420 g/mol. The Morgan fingerprint density at radius 1 is 1.00 bits per heavy atom. The normalized spacial score (nSPS) is 11.2. The summed E-state index contributed by atoms with van der Waals surface area (Å²) in [7, 11) is 0. The number of aromatic nitrogens is 4. The molecule has 0 aliphatic rings. The fourth-order valence-electron chi connectivity index (χ4n) is 3.53. The van der Waals surface area contributed by atoms with Crippen LogP contribution in [0.3, 0.4) is 0 Å². The molecule has 0 bridgehead atoms. The summed E-state index contributed by atoms with van der Waals surface area (Å²) in [5.74, 6) is 1.32. The average Bonchev–Trinajstić information content (AvgIpc) is 3.26. The van der Waals surface area contributed by atoms with Crippen molar-refractivity contribution in [3.05, 3.63) is 75.3 Å². The van der Waals surface area contributed by atoms with Gasteiger partial charge in [-0.3, -0.25) is 13.9 Å². The third-order valence-electron chi connectivity index (χ3n) is 5.06. The lowest BCUT2D eigenvalue weighted by molar-refractivity contribution is 0.340. The zero-order chi connectivity index (χ0) is 21.8. The van der Waals surface area contributed by atoms with Crippen molar-refractivity contribution in [2.24, 2.45) is 0 Å². The Balaban J connectivity index is 1.77. The Labute approximate surface area is 178 Å². The van der Waals surface area contributed by atoms with E-state index in [4.69, 9.17) is 9.26 Å². The van der Waals surface area contributed by atoms with E-state index in [1.807, 2.05) is 38.1 Å². The van der Waals surface area contributed by atoms with Crippen LogP contribution in [0.1, 0.15) is 32.6 Å². The van der Waals surface area contributed by atoms with Gasteiger partial charge in [0.1, 0.15) is 12.3 Å². The zero-order valence-electron chi connectivity index (χ0n) is 17.6. The quantitative estimate of drug-likeness (QED) is 0.433. The van der Waals surface area contributed by atoms with E-state index in [1.165, 1.54) is 9.13 Å². The molecule has 8 nitrogen and oxygen atoms in total. The summed E-state index contributed by atoms with van der Waals surface area (Å²) in [4.78, 5) is 30.5. The molecular formula is C23H24N4O4. The van der Waals surface area contributed by atoms with Gasteiger partial charge in [0.25, 0.3) is 5.56 Å². The van der Waals surface area contributed by atoms with Crippen LogP contribution >= 0.6 is 0 Å². The molecule has 2 aromatic heterocycles. The number of benzene rings is 2. The minimum absolute atomic E-state index is 0.0650. The first-order valence-electron chi connectivity index (χ1n) is 10.4. The minimum atomic E-state index is -0.383. The van der Waals surface area contributed by atoms with Gasteiger partial charge in [-0.15, -0.1) is 0 Å². The van der Waals surface area contributed by atoms with Gasteiger partial charge in [0.15, 0.2) is 0 Å². The topological polar surface area (TPSA) is 92.2 Å². The van der Waals surface area contributed by atoms with Crippen LogP contribution in [0.25, 0.3) is 22.3 Å². The van der Waals surface area contributed by atoms with Crippen molar-refractivity contribution in [2.45, 2.75) is 39.8 Å². The molecule has 4 rings (SSSR count). The van der Waals surface area contributed by atoms with Gasteiger partial charge in [0, 0.05) is 6.54 Å².